The molecule has 0 aromatic heterocycles. The van der Waals surface area contributed by atoms with Crippen LogP contribution in [0.3, 0.4) is 0 Å². The molecule has 108 valence electrons. The van der Waals surface area contributed by atoms with Gasteiger partial charge in [-0.1, -0.05) is 6.07 Å². The molecule has 3 rings (SSSR count). The molecular weight excluding hydrogens is 336 g/mol. The van der Waals surface area contributed by atoms with Gasteiger partial charge in [0.1, 0.15) is 13.2 Å². The van der Waals surface area contributed by atoms with Gasteiger partial charge in [0.2, 0.25) is 0 Å². The first kappa shape index (κ1) is 13.8. The van der Waals surface area contributed by atoms with Crippen LogP contribution >= 0.6 is 15.9 Å². The highest BCUT2D eigenvalue weighted by Gasteiger charge is 2.16. The molecule has 1 amide bonds. The highest BCUT2D eigenvalue weighted by Crippen LogP contribution is 2.38. The highest BCUT2D eigenvalue weighted by atomic mass is 79.9. The fourth-order valence-electron chi connectivity index (χ4n) is 2.03. The lowest BCUT2D eigenvalue weighted by atomic mass is 10.2. The van der Waals surface area contributed by atoms with Crippen LogP contribution in [0.4, 0.5) is 11.4 Å². The van der Waals surface area contributed by atoms with Crippen molar-refractivity contribution >= 4 is 33.2 Å². The lowest BCUT2D eigenvalue weighted by molar-refractivity contribution is 0.102. The van der Waals surface area contributed by atoms with Crippen LogP contribution in [0.25, 0.3) is 0 Å². The molecule has 0 unspecified atom stereocenters. The summed E-state index contributed by atoms with van der Waals surface area (Å²) >= 11 is 3.42. The maximum absolute atomic E-state index is 12.2. The Hall–Kier alpha value is -2.21. The predicted molar refractivity (Wildman–Crippen MR) is 83.9 cm³/mol. The van der Waals surface area contributed by atoms with Gasteiger partial charge in [0.05, 0.1) is 5.69 Å². The van der Waals surface area contributed by atoms with Crippen molar-refractivity contribution in [1.82, 2.24) is 0 Å². The molecule has 21 heavy (non-hydrogen) atoms. The van der Waals surface area contributed by atoms with Crippen molar-refractivity contribution in [3.8, 4) is 11.5 Å². The zero-order valence-corrected chi connectivity index (χ0v) is 12.6. The van der Waals surface area contributed by atoms with E-state index in [1.54, 1.807) is 36.4 Å². The van der Waals surface area contributed by atoms with Crippen molar-refractivity contribution in [2.24, 2.45) is 0 Å². The molecule has 0 spiro atoms. The maximum Gasteiger partial charge on any atom is 0.255 e. The molecule has 1 heterocycles. The van der Waals surface area contributed by atoms with Crippen molar-refractivity contribution in [3.05, 3.63) is 46.4 Å². The van der Waals surface area contributed by atoms with E-state index in [1.807, 2.05) is 0 Å². The van der Waals surface area contributed by atoms with Gasteiger partial charge in [0.25, 0.3) is 5.91 Å². The van der Waals surface area contributed by atoms with Crippen molar-refractivity contribution in [1.29, 1.82) is 0 Å². The van der Waals surface area contributed by atoms with Crippen LogP contribution in [0.5, 0.6) is 11.5 Å². The molecule has 0 radical (unpaired) electrons. The summed E-state index contributed by atoms with van der Waals surface area (Å²) < 4.78 is 11.7. The second-order valence-corrected chi connectivity index (χ2v) is 5.41. The van der Waals surface area contributed by atoms with Crippen LogP contribution in [-0.4, -0.2) is 19.1 Å². The van der Waals surface area contributed by atoms with E-state index in [1.165, 1.54) is 0 Å². The maximum atomic E-state index is 12.2. The van der Waals surface area contributed by atoms with E-state index in [2.05, 4.69) is 21.2 Å². The van der Waals surface area contributed by atoms with Crippen LogP contribution in [0, 0.1) is 0 Å². The Labute approximate surface area is 130 Å². The molecule has 1 aliphatic rings. The fourth-order valence-corrected chi connectivity index (χ4v) is 2.46. The number of halogens is 1. The third kappa shape index (κ3) is 2.95. The quantitative estimate of drug-likeness (QED) is 0.818. The van der Waals surface area contributed by atoms with Gasteiger partial charge in [0.15, 0.2) is 11.5 Å². The normalized spacial score (nSPS) is 12.8. The van der Waals surface area contributed by atoms with Crippen LogP contribution in [0.15, 0.2) is 40.9 Å². The van der Waals surface area contributed by atoms with Gasteiger partial charge in [0, 0.05) is 27.9 Å². The third-order valence-corrected chi connectivity index (χ3v) is 3.68. The van der Waals surface area contributed by atoms with Crippen LogP contribution < -0.4 is 20.5 Å². The molecule has 2 aromatic rings. The monoisotopic (exact) mass is 348 g/mol. The summed E-state index contributed by atoms with van der Waals surface area (Å²) in [5, 5.41) is 2.83. The minimum atomic E-state index is -0.236. The lowest BCUT2D eigenvalue weighted by Gasteiger charge is -2.20. The molecule has 1 aliphatic heterocycles. The van der Waals surface area contributed by atoms with E-state index in [0.717, 1.165) is 4.47 Å². The topological polar surface area (TPSA) is 73.6 Å². The summed E-state index contributed by atoms with van der Waals surface area (Å²) in [5.41, 5.74) is 7.34. The number of ether oxygens (including phenoxy) is 2. The van der Waals surface area contributed by atoms with Gasteiger partial charge in [-0.3, -0.25) is 4.79 Å². The molecule has 3 N–H and O–H groups in total. The number of benzene rings is 2. The van der Waals surface area contributed by atoms with E-state index in [-0.39, 0.29) is 5.91 Å². The van der Waals surface area contributed by atoms with Crippen molar-refractivity contribution in [2.45, 2.75) is 0 Å². The smallest absolute Gasteiger partial charge is 0.255 e. The van der Waals surface area contributed by atoms with Crippen molar-refractivity contribution < 1.29 is 14.3 Å². The minimum absolute atomic E-state index is 0.236. The number of hydrogen-bond donors (Lipinski definition) is 2. The van der Waals surface area contributed by atoms with Crippen LogP contribution in [-0.2, 0) is 0 Å². The van der Waals surface area contributed by atoms with Crippen LogP contribution in [0.2, 0.25) is 0 Å². The lowest BCUT2D eigenvalue weighted by Crippen LogP contribution is -2.17. The molecular formula is C15H13BrN2O3. The molecule has 0 bridgehead atoms. The first-order valence-electron chi connectivity index (χ1n) is 6.39. The molecule has 0 fully saturated rings. The van der Waals surface area contributed by atoms with Gasteiger partial charge < -0.3 is 20.5 Å². The standard InChI is InChI=1S/C15H13BrN2O3/c16-11-7-13-14(21-5-4-20-13)8-12(11)18-15(19)9-2-1-3-10(17)6-9/h1-3,6-8H,4-5,17H2,(H,18,19). The van der Waals surface area contributed by atoms with Gasteiger partial charge in [-0.15, -0.1) is 0 Å². The number of anilines is 2. The Morgan fingerprint density at radius 2 is 1.86 bits per heavy atom. The van der Waals surface area contributed by atoms with Gasteiger partial charge in [-0.25, -0.2) is 0 Å². The number of nitrogens with one attached hydrogen (secondary N) is 1. The third-order valence-electron chi connectivity index (χ3n) is 3.03. The number of hydrogen-bond acceptors (Lipinski definition) is 4. The Morgan fingerprint density at radius 3 is 2.57 bits per heavy atom. The largest absolute Gasteiger partial charge is 0.486 e. The molecule has 6 heteroatoms. The van der Waals surface area contributed by atoms with Gasteiger partial charge in [-0.2, -0.15) is 0 Å². The van der Waals surface area contributed by atoms with E-state index in [4.69, 9.17) is 15.2 Å². The molecule has 2 aromatic carbocycles. The Balaban J connectivity index is 1.86. The van der Waals surface area contributed by atoms with Crippen molar-refractivity contribution in [2.75, 3.05) is 24.3 Å². The number of amides is 1. The second-order valence-electron chi connectivity index (χ2n) is 4.56. The Bertz CT molecular complexity index is 703. The summed E-state index contributed by atoms with van der Waals surface area (Å²) in [6.45, 7) is 1.02. The number of nitrogen functional groups attached to an aromatic ring is 1. The van der Waals surface area contributed by atoms with E-state index < -0.39 is 0 Å². The molecule has 0 atom stereocenters. The number of nitrogens with two attached hydrogens (primary N) is 1. The van der Waals surface area contributed by atoms with E-state index in [0.29, 0.717) is 41.7 Å². The molecule has 0 aliphatic carbocycles. The highest BCUT2D eigenvalue weighted by molar-refractivity contribution is 9.10. The summed E-state index contributed by atoms with van der Waals surface area (Å²) in [6.07, 6.45) is 0. The summed E-state index contributed by atoms with van der Waals surface area (Å²) in [6, 6.07) is 10.3. The van der Waals surface area contributed by atoms with Crippen LogP contribution in [0.1, 0.15) is 10.4 Å². The number of carbonyl (C=O) groups is 1. The van der Waals surface area contributed by atoms with Gasteiger partial charge in [-0.05, 0) is 34.1 Å². The fraction of sp³-hybridized carbons (Fsp3) is 0.133. The SMILES string of the molecule is Nc1cccc(C(=O)Nc2cc3c(cc2Br)OCCO3)c1. The summed E-state index contributed by atoms with van der Waals surface area (Å²) in [5.74, 6) is 1.04. The average molecular weight is 349 g/mol. The Kier molecular flexibility index (Phi) is 3.70. The number of rotatable bonds is 2. The minimum Gasteiger partial charge on any atom is -0.486 e. The number of carbonyl (C=O) groups excluding carboxylic acids is 1. The van der Waals surface area contributed by atoms with Gasteiger partial charge >= 0.3 is 0 Å². The van der Waals surface area contributed by atoms with E-state index >= 15 is 0 Å². The second kappa shape index (κ2) is 5.65. The average Bonchev–Trinajstić information content (AvgIpc) is 2.48. The number of fused-ring (bicyclic) bond motifs is 1. The first-order valence-corrected chi connectivity index (χ1v) is 7.19. The van der Waals surface area contributed by atoms with E-state index in [9.17, 15) is 4.79 Å². The van der Waals surface area contributed by atoms with Crippen molar-refractivity contribution in [3.63, 3.8) is 0 Å². The molecule has 0 saturated carbocycles. The zero-order valence-electron chi connectivity index (χ0n) is 11.1. The molecule has 5 nitrogen and oxygen atoms in total. The molecule has 0 saturated heterocycles. The summed E-state index contributed by atoms with van der Waals surface area (Å²) in [4.78, 5) is 12.2. The first-order chi connectivity index (χ1) is 10.1. The Morgan fingerprint density at radius 1 is 1.14 bits per heavy atom. The zero-order chi connectivity index (χ0) is 14.8. The predicted octanol–water partition coefficient (Wildman–Crippen LogP) is 3.05. The summed E-state index contributed by atoms with van der Waals surface area (Å²) in [7, 11) is 0.